The molecule has 0 bridgehead atoms. The van der Waals surface area contributed by atoms with E-state index in [9.17, 15) is 9.59 Å². The lowest BCUT2D eigenvalue weighted by Crippen LogP contribution is -2.24. The molecule has 2 rings (SSSR count). The molecule has 0 radical (unpaired) electrons. The molecule has 1 fully saturated rings. The van der Waals surface area contributed by atoms with Crippen LogP contribution in [-0.2, 0) is 4.79 Å². The van der Waals surface area contributed by atoms with Crippen LogP contribution in [0.25, 0.3) is 0 Å². The van der Waals surface area contributed by atoms with Crippen LogP contribution in [-0.4, -0.2) is 28.4 Å². The van der Waals surface area contributed by atoms with Crippen molar-refractivity contribution in [2.45, 2.75) is 16.6 Å². The summed E-state index contributed by atoms with van der Waals surface area (Å²) in [5.74, 6) is -0.334. The van der Waals surface area contributed by atoms with Crippen molar-refractivity contribution >= 4 is 58.5 Å². The van der Waals surface area contributed by atoms with Crippen LogP contribution in [0.3, 0.4) is 0 Å². The molecule has 1 aliphatic heterocycles. The smallest absolute Gasteiger partial charge is 0.271 e. The summed E-state index contributed by atoms with van der Waals surface area (Å²) in [4.78, 5) is 25.1. The Kier molecular flexibility index (Phi) is 5.08. The van der Waals surface area contributed by atoms with Gasteiger partial charge in [-0.2, -0.15) is 5.10 Å². The quantitative estimate of drug-likeness (QED) is 0.519. The lowest BCUT2D eigenvalue weighted by atomic mass is 10.2. The Hall–Kier alpha value is -1.30. The summed E-state index contributed by atoms with van der Waals surface area (Å²) in [7, 11) is 0. The molecular weight excluding hydrogens is 337 g/mol. The molecule has 1 aromatic carbocycles. The van der Waals surface area contributed by atoms with Gasteiger partial charge in [0, 0.05) is 24.2 Å². The highest BCUT2D eigenvalue weighted by atomic mass is 35.6. The fourth-order valence-electron chi connectivity index (χ4n) is 1.94. The summed E-state index contributed by atoms with van der Waals surface area (Å²) in [5, 5.41) is 3.55. The average Bonchev–Trinajstić information content (AvgIpc) is 2.83. The maximum absolute atomic E-state index is 11.8. The molecular formula is C13H12Cl3N3O2. The number of carbonyl (C=O) groups is 2. The maximum atomic E-state index is 11.8. The van der Waals surface area contributed by atoms with Crippen LogP contribution in [0.4, 0.5) is 5.69 Å². The first kappa shape index (κ1) is 16.1. The molecule has 0 aromatic heterocycles. The van der Waals surface area contributed by atoms with Crippen LogP contribution in [0.2, 0.25) is 0 Å². The van der Waals surface area contributed by atoms with Crippen molar-refractivity contribution in [1.82, 2.24) is 5.43 Å². The second-order valence-corrected chi connectivity index (χ2v) is 6.81. The van der Waals surface area contributed by atoms with E-state index in [0.717, 1.165) is 18.3 Å². The Morgan fingerprint density at radius 1 is 1.29 bits per heavy atom. The second kappa shape index (κ2) is 6.64. The zero-order valence-corrected chi connectivity index (χ0v) is 13.1. The SMILES string of the molecule is O=C(N/N=C\C(Cl)(Cl)Cl)c1ccc(N2CCCC2=O)cc1. The maximum Gasteiger partial charge on any atom is 0.271 e. The van der Waals surface area contributed by atoms with E-state index in [1.165, 1.54) is 0 Å². The largest absolute Gasteiger partial charge is 0.312 e. The number of rotatable bonds is 3. The standard InChI is InChI=1S/C13H12Cl3N3O2/c14-13(15,16)8-17-18-12(21)9-3-5-10(6-4-9)19-7-1-2-11(19)20/h3-6,8H,1-2,7H2,(H,18,21)/b17-8-. The zero-order valence-electron chi connectivity index (χ0n) is 10.9. The van der Waals surface area contributed by atoms with E-state index >= 15 is 0 Å². The first-order valence-corrected chi connectivity index (χ1v) is 7.32. The van der Waals surface area contributed by atoms with Crippen molar-refractivity contribution in [2.75, 3.05) is 11.4 Å². The Labute approximate surface area is 136 Å². The molecule has 1 aliphatic rings. The number of hydrogen-bond acceptors (Lipinski definition) is 3. The molecule has 0 spiro atoms. The first-order valence-electron chi connectivity index (χ1n) is 6.18. The molecule has 5 nitrogen and oxygen atoms in total. The van der Waals surface area contributed by atoms with Crippen molar-refractivity contribution in [3.05, 3.63) is 29.8 Å². The van der Waals surface area contributed by atoms with Gasteiger partial charge in [-0.1, -0.05) is 34.8 Å². The number of hydrazone groups is 1. The van der Waals surface area contributed by atoms with Gasteiger partial charge in [0.05, 0.1) is 6.21 Å². The van der Waals surface area contributed by atoms with Gasteiger partial charge in [0.1, 0.15) is 0 Å². The number of halogens is 3. The van der Waals surface area contributed by atoms with E-state index in [0.29, 0.717) is 18.5 Å². The van der Waals surface area contributed by atoms with Crippen molar-refractivity contribution in [3.63, 3.8) is 0 Å². The number of anilines is 1. The number of hydrogen-bond donors (Lipinski definition) is 1. The van der Waals surface area contributed by atoms with Gasteiger partial charge in [-0.25, -0.2) is 5.43 Å². The number of nitrogens with zero attached hydrogens (tertiary/aromatic N) is 2. The number of benzene rings is 1. The van der Waals surface area contributed by atoms with Gasteiger partial charge in [0.25, 0.3) is 5.91 Å². The van der Waals surface area contributed by atoms with E-state index in [-0.39, 0.29) is 5.91 Å². The predicted octanol–water partition coefficient (Wildman–Crippen LogP) is 2.90. The minimum atomic E-state index is -1.66. The lowest BCUT2D eigenvalue weighted by Gasteiger charge is -2.15. The van der Waals surface area contributed by atoms with Gasteiger partial charge in [-0.15, -0.1) is 0 Å². The highest BCUT2D eigenvalue weighted by molar-refractivity contribution is 6.74. The average molecular weight is 349 g/mol. The zero-order chi connectivity index (χ0) is 15.5. The summed E-state index contributed by atoms with van der Waals surface area (Å²) < 4.78 is -1.66. The van der Waals surface area contributed by atoms with Gasteiger partial charge in [-0.05, 0) is 30.7 Å². The van der Waals surface area contributed by atoms with E-state index in [2.05, 4.69) is 10.5 Å². The molecule has 0 aliphatic carbocycles. The predicted molar refractivity (Wildman–Crippen MR) is 84.3 cm³/mol. The molecule has 1 heterocycles. The van der Waals surface area contributed by atoms with Crippen molar-refractivity contribution in [3.8, 4) is 0 Å². The second-order valence-electron chi connectivity index (χ2n) is 4.44. The topological polar surface area (TPSA) is 61.8 Å². The van der Waals surface area contributed by atoms with E-state index in [1.807, 2.05) is 0 Å². The van der Waals surface area contributed by atoms with Crippen LogP contribution in [0.5, 0.6) is 0 Å². The number of amides is 2. The summed E-state index contributed by atoms with van der Waals surface area (Å²) in [6.07, 6.45) is 2.41. The minimum absolute atomic E-state index is 0.0967. The molecule has 112 valence electrons. The fourth-order valence-corrected chi connectivity index (χ4v) is 2.09. The lowest BCUT2D eigenvalue weighted by molar-refractivity contribution is -0.117. The van der Waals surface area contributed by atoms with Crippen LogP contribution in [0.1, 0.15) is 23.2 Å². The highest BCUT2D eigenvalue weighted by Gasteiger charge is 2.21. The summed E-state index contributed by atoms with van der Waals surface area (Å²) >= 11 is 16.4. The summed E-state index contributed by atoms with van der Waals surface area (Å²) in [6, 6.07) is 6.66. The van der Waals surface area contributed by atoms with Crippen molar-refractivity contribution in [1.29, 1.82) is 0 Å². The number of alkyl halides is 3. The van der Waals surface area contributed by atoms with Gasteiger partial charge >= 0.3 is 0 Å². The van der Waals surface area contributed by atoms with Gasteiger partial charge in [0.2, 0.25) is 9.70 Å². The molecule has 1 saturated heterocycles. The number of nitrogens with one attached hydrogen (secondary N) is 1. The third-order valence-corrected chi connectivity index (χ3v) is 3.18. The molecule has 8 heteroatoms. The molecule has 1 N–H and O–H groups in total. The van der Waals surface area contributed by atoms with Crippen molar-refractivity contribution < 1.29 is 9.59 Å². The van der Waals surface area contributed by atoms with Crippen LogP contribution >= 0.6 is 34.8 Å². The normalized spacial score (nSPS) is 15.8. The third kappa shape index (κ3) is 4.59. The minimum Gasteiger partial charge on any atom is -0.312 e. The van der Waals surface area contributed by atoms with Crippen LogP contribution in [0, 0.1) is 0 Å². The Bertz CT molecular complexity index is 567. The molecule has 0 atom stereocenters. The molecule has 1 aromatic rings. The van der Waals surface area contributed by atoms with Gasteiger partial charge in [-0.3, -0.25) is 9.59 Å². The summed E-state index contributed by atoms with van der Waals surface area (Å²) in [5.41, 5.74) is 3.42. The van der Waals surface area contributed by atoms with Crippen molar-refractivity contribution in [2.24, 2.45) is 5.10 Å². The first-order chi connectivity index (χ1) is 9.87. The molecule has 21 heavy (non-hydrogen) atoms. The third-order valence-electron chi connectivity index (χ3n) is 2.89. The van der Waals surface area contributed by atoms with Gasteiger partial charge in [0.15, 0.2) is 0 Å². The monoisotopic (exact) mass is 347 g/mol. The van der Waals surface area contributed by atoms with Gasteiger partial charge < -0.3 is 4.90 Å². The Morgan fingerprint density at radius 2 is 1.95 bits per heavy atom. The molecule has 0 unspecified atom stereocenters. The fraction of sp³-hybridized carbons (Fsp3) is 0.308. The highest BCUT2D eigenvalue weighted by Crippen LogP contribution is 2.23. The number of carbonyl (C=O) groups excluding carboxylic acids is 2. The van der Waals surface area contributed by atoms with Crippen LogP contribution < -0.4 is 10.3 Å². The van der Waals surface area contributed by atoms with E-state index in [4.69, 9.17) is 34.8 Å². The Balaban J connectivity index is 2.00. The molecule has 2 amide bonds. The summed E-state index contributed by atoms with van der Waals surface area (Å²) in [6.45, 7) is 0.706. The molecule has 0 saturated carbocycles. The van der Waals surface area contributed by atoms with E-state index < -0.39 is 9.70 Å². The van der Waals surface area contributed by atoms with E-state index in [1.54, 1.807) is 29.2 Å². The Morgan fingerprint density at radius 3 is 2.48 bits per heavy atom. The van der Waals surface area contributed by atoms with Crippen LogP contribution in [0.15, 0.2) is 29.4 Å².